The molecule has 0 saturated heterocycles. The van der Waals surface area contributed by atoms with Crippen molar-refractivity contribution < 1.29 is 31.2 Å². The summed E-state index contributed by atoms with van der Waals surface area (Å²) in [7, 11) is -4.64. The smallest absolute Gasteiger partial charge is 0.352 e. The van der Waals surface area contributed by atoms with E-state index >= 15 is 0 Å². The lowest BCUT2D eigenvalue weighted by Crippen LogP contribution is -2.54. The van der Waals surface area contributed by atoms with Gasteiger partial charge in [0.05, 0.1) is 21.2 Å². The number of amides is 2. The van der Waals surface area contributed by atoms with E-state index in [-0.39, 0.29) is 28.9 Å². The molecule has 0 aromatic heterocycles. The molecule has 2 amide bonds. The molecule has 2 atom stereocenters. The van der Waals surface area contributed by atoms with Gasteiger partial charge in [0.15, 0.2) is 0 Å². The van der Waals surface area contributed by atoms with Gasteiger partial charge in [0.2, 0.25) is 11.8 Å². The van der Waals surface area contributed by atoms with Gasteiger partial charge < -0.3 is 10.2 Å². The first kappa shape index (κ1) is 38.0. The second-order valence-corrected chi connectivity index (χ2v) is 14.4. The highest BCUT2D eigenvalue weighted by atomic mass is 35.5. The van der Waals surface area contributed by atoms with E-state index in [1.54, 1.807) is 55.5 Å². The highest BCUT2D eigenvalue weighted by Crippen LogP contribution is 2.38. The van der Waals surface area contributed by atoms with Crippen molar-refractivity contribution in [2.75, 3.05) is 10.8 Å². The number of sulfonamides is 1. The standard InChI is InChI=1S/C35H33Cl3F3N3O4S/c1-3-23(2)42-34(46)32(18-24-10-6-4-7-11-24)43(21-25-14-15-26(36)19-31(25)38)33(45)22-44(49(47,48)28-12-8-5-9-13-28)27-16-17-30(37)29(20-27)35(39,40)41/h4-17,19-20,23,32H,3,18,21-22H2,1-2H3,(H,42,46)/t23-,32+/m1/s1. The number of benzene rings is 4. The number of anilines is 1. The van der Waals surface area contributed by atoms with E-state index < -0.39 is 56.9 Å². The van der Waals surface area contributed by atoms with Gasteiger partial charge in [-0.05, 0) is 66.9 Å². The lowest BCUT2D eigenvalue weighted by atomic mass is 10.0. The van der Waals surface area contributed by atoms with E-state index in [9.17, 15) is 31.2 Å². The highest BCUT2D eigenvalue weighted by Gasteiger charge is 2.38. The van der Waals surface area contributed by atoms with Gasteiger partial charge in [-0.2, -0.15) is 13.2 Å². The predicted molar refractivity (Wildman–Crippen MR) is 186 cm³/mol. The normalized spacial score (nSPS) is 13.0. The molecule has 0 radical (unpaired) electrons. The monoisotopic (exact) mass is 753 g/mol. The van der Waals surface area contributed by atoms with Crippen molar-refractivity contribution in [3.8, 4) is 0 Å². The number of nitrogens with one attached hydrogen (secondary N) is 1. The topological polar surface area (TPSA) is 86.8 Å². The molecule has 0 saturated carbocycles. The molecule has 14 heteroatoms. The van der Waals surface area contributed by atoms with Crippen molar-refractivity contribution in [3.63, 3.8) is 0 Å². The summed E-state index contributed by atoms with van der Waals surface area (Å²) in [4.78, 5) is 29.4. The summed E-state index contributed by atoms with van der Waals surface area (Å²) in [5.74, 6) is -1.39. The number of hydrogen-bond donors (Lipinski definition) is 1. The van der Waals surface area contributed by atoms with Gasteiger partial charge in [0.25, 0.3) is 10.0 Å². The largest absolute Gasteiger partial charge is 0.417 e. The average Bonchev–Trinajstić information content (AvgIpc) is 3.06. The van der Waals surface area contributed by atoms with Crippen LogP contribution in [0.5, 0.6) is 0 Å². The fraction of sp³-hybridized carbons (Fsp3) is 0.257. The third kappa shape index (κ3) is 9.69. The van der Waals surface area contributed by atoms with Crippen LogP contribution in [0.1, 0.15) is 37.0 Å². The second kappa shape index (κ2) is 16.3. The van der Waals surface area contributed by atoms with Gasteiger partial charge >= 0.3 is 6.18 Å². The number of hydrogen-bond acceptors (Lipinski definition) is 4. The molecule has 4 aromatic rings. The summed E-state index contributed by atoms with van der Waals surface area (Å²) in [5, 5.41) is 2.77. The van der Waals surface area contributed by atoms with Crippen molar-refractivity contribution in [1.29, 1.82) is 0 Å². The molecule has 0 fully saturated rings. The number of carbonyl (C=O) groups is 2. The Labute approximate surface area is 298 Å². The quantitative estimate of drug-likeness (QED) is 0.149. The Bertz CT molecular complexity index is 1880. The molecule has 4 rings (SSSR count). The molecule has 0 heterocycles. The van der Waals surface area contributed by atoms with Crippen LogP contribution in [-0.2, 0) is 38.8 Å². The Morgan fingerprint density at radius 3 is 2.08 bits per heavy atom. The molecule has 0 aliphatic heterocycles. The molecule has 49 heavy (non-hydrogen) atoms. The fourth-order valence-corrected chi connectivity index (χ4v) is 7.08. The SMILES string of the molecule is CC[C@@H](C)NC(=O)[C@H](Cc1ccccc1)N(Cc1ccc(Cl)cc1Cl)C(=O)CN(c1ccc(Cl)c(C(F)(F)F)c1)S(=O)(=O)c1ccccc1. The zero-order valence-electron chi connectivity index (χ0n) is 26.4. The summed E-state index contributed by atoms with van der Waals surface area (Å²) in [6.07, 6.45) is -4.31. The first-order chi connectivity index (χ1) is 23.1. The van der Waals surface area contributed by atoms with Crippen molar-refractivity contribution in [1.82, 2.24) is 10.2 Å². The maximum atomic E-state index is 14.6. The van der Waals surface area contributed by atoms with Crippen LogP contribution in [0.4, 0.5) is 18.9 Å². The first-order valence-corrected chi connectivity index (χ1v) is 17.7. The lowest BCUT2D eigenvalue weighted by molar-refractivity contribution is -0.140. The van der Waals surface area contributed by atoms with Crippen LogP contribution in [0.25, 0.3) is 0 Å². The van der Waals surface area contributed by atoms with Crippen molar-refractivity contribution in [3.05, 3.63) is 129 Å². The van der Waals surface area contributed by atoms with Gasteiger partial charge in [0.1, 0.15) is 12.6 Å². The van der Waals surface area contributed by atoms with E-state index in [0.29, 0.717) is 32.9 Å². The zero-order valence-corrected chi connectivity index (χ0v) is 29.5. The van der Waals surface area contributed by atoms with Crippen LogP contribution >= 0.6 is 34.8 Å². The lowest BCUT2D eigenvalue weighted by Gasteiger charge is -2.34. The summed E-state index contributed by atoms with van der Waals surface area (Å²) >= 11 is 18.5. The zero-order chi connectivity index (χ0) is 35.9. The molecule has 0 spiro atoms. The Balaban J connectivity index is 1.88. The van der Waals surface area contributed by atoms with Crippen LogP contribution in [-0.4, -0.2) is 43.8 Å². The number of alkyl halides is 3. The second-order valence-electron chi connectivity index (χ2n) is 11.3. The summed E-state index contributed by atoms with van der Waals surface area (Å²) in [6.45, 7) is 2.45. The molecule has 7 nitrogen and oxygen atoms in total. The highest BCUT2D eigenvalue weighted by molar-refractivity contribution is 7.92. The van der Waals surface area contributed by atoms with Crippen molar-refractivity contribution >= 4 is 62.3 Å². The predicted octanol–water partition coefficient (Wildman–Crippen LogP) is 8.42. The van der Waals surface area contributed by atoms with Gasteiger partial charge in [-0.1, -0.05) is 96.3 Å². The fourth-order valence-electron chi connectivity index (χ4n) is 4.96. The van der Waals surface area contributed by atoms with E-state index in [2.05, 4.69) is 5.32 Å². The molecule has 1 N–H and O–H groups in total. The molecule has 0 bridgehead atoms. The minimum Gasteiger partial charge on any atom is -0.352 e. The first-order valence-electron chi connectivity index (χ1n) is 15.1. The van der Waals surface area contributed by atoms with Crippen LogP contribution in [0, 0.1) is 0 Å². The summed E-state index contributed by atoms with van der Waals surface area (Å²) in [5.41, 5.74) is -0.639. The number of nitrogens with zero attached hydrogens (tertiary/aromatic N) is 2. The van der Waals surface area contributed by atoms with E-state index in [1.807, 2.05) is 6.92 Å². The van der Waals surface area contributed by atoms with Crippen LogP contribution < -0.4 is 9.62 Å². The van der Waals surface area contributed by atoms with Gasteiger partial charge in [-0.3, -0.25) is 13.9 Å². The Morgan fingerprint density at radius 2 is 1.49 bits per heavy atom. The Hall–Kier alpha value is -3.77. The third-order valence-electron chi connectivity index (χ3n) is 7.78. The van der Waals surface area contributed by atoms with Crippen LogP contribution in [0.15, 0.2) is 102 Å². The molecule has 260 valence electrons. The van der Waals surface area contributed by atoms with Gasteiger partial charge in [0, 0.05) is 29.1 Å². The average molecular weight is 755 g/mol. The Morgan fingerprint density at radius 1 is 0.857 bits per heavy atom. The van der Waals surface area contributed by atoms with E-state index in [4.69, 9.17) is 34.8 Å². The summed E-state index contributed by atoms with van der Waals surface area (Å²) < 4.78 is 70.6. The van der Waals surface area contributed by atoms with Crippen LogP contribution in [0.2, 0.25) is 15.1 Å². The minimum absolute atomic E-state index is 0.0324. The minimum atomic E-state index is -4.93. The van der Waals surface area contributed by atoms with E-state index in [1.165, 1.54) is 35.2 Å². The molecular formula is C35H33Cl3F3N3O4S. The van der Waals surface area contributed by atoms with Crippen LogP contribution in [0.3, 0.4) is 0 Å². The van der Waals surface area contributed by atoms with Gasteiger partial charge in [-0.15, -0.1) is 0 Å². The van der Waals surface area contributed by atoms with Crippen molar-refractivity contribution in [2.45, 2.75) is 56.4 Å². The summed E-state index contributed by atoms with van der Waals surface area (Å²) in [6, 6.07) is 21.6. The number of rotatable bonds is 13. The maximum absolute atomic E-state index is 14.6. The molecular weight excluding hydrogens is 722 g/mol. The van der Waals surface area contributed by atoms with Gasteiger partial charge in [-0.25, -0.2) is 8.42 Å². The van der Waals surface area contributed by atoms with Crippen molar-refractivity contribution in [2.24, 2.45) is 0 Å². The molecule has 4 aromatic carbocycles. The number of halogens is 6. The maximum Gasteiger partial charge on any atom is 0.417 e. The molecule has 0 aliphatic carbocycles. The molecule has 0 aliphatic rings. The third-order valence-corrected chi connectivity index (χ3v) is 10.5. The molecule has 0 unspecified atom stereocenters. The van der Waals surface area contributed by atoms with E-state index in [0.717, 1.165) is 12.1 Å². The number of carbonyl (C=O) groups excluding carboxylic acids is 2. The Kier molecular flexibility index (Phi) is 12.6.